The van der Waals surface area contributed by atoms with E-state index in [4.69, 9.17) is 5.11 Å². The molecule has 1 aliphatic rings. The van der Waals surface area contributed by atoms with Gasteiger partial charge < -0.3 is 10.1 Å². The second-order valence-corrected chi connectivity index (χ2v) is 4.23. The van der Waals surface area contributed by atoms with Gasteiger partial charge in [-0.05, 0) is 23.8 Å². The van der Waals surface area contributed by atoms with Gasteiger partial charge in [-0.3, -0.25) is 4.79 Å². The topological polar surface area (TPSA) is 70.2 Å². The Balaban J connectivity index is 2.56. The Hall–Kier alpha value is -1.23. The highest BCUT2D eigenvalue weighted by atomic mass is 32.2. The van der Waals surface area contributed by atoms with Crippen molar-refractivity contribution in [2.45, 2.75) is 12.2 Å². The number of aromatic amines is 1. The average molecular weight is 211 g/mol. The Morgan fingerprint density at radius 3 is 3.07 bits per heavy atom. The Morgan fingerprint density at radius 2 is 2.36 bits per heavy atom. The lowest BCUT2D eigenvalue weighted by Crippen LogP contribution is -2.22. The first kappa shape index (κ1) is 9.33. The van der Waals surface area contributed by atoms with Gasteiger partial charge in [0.1, 0.15) is 5.56 Å². The number of hydrogen-bond acceptors (Lipinski definition) is 3. The number of aromatic nitrogens is 1. The van der Waals surface area contributed by atoms with Gasteiger partial charge in [-0.2, -0.15) is 11.8 Å². The first-order chi connectivity index (χ1) is 6.68. The zero-order valence-electron chi connectivity index (χ0n) is 7.37. The SMILES string of the molecule is O=C(O)c1cc2c([nH]c1=O)CCSC2. The highest BCUT2D eigenvalue weighted by molar-refractivity contribution is 7.98. The molecule has 0 saturated carbocycles. The standard InChI is InChI=1S/C9H9NO3S/c11-8-6(9(12)13)3-5-4-14-2-1-7(5)10-8/h3H,1-2,4H2,(H,10,11)(H,12,13). The fraction of sp³-hybridized carbons (Fsp3) is 0.333. The van der Waals surface area contributed by atoms with Crippen LogP contribution in [0.4, 0.5) is 0 Å². The first-order valence-corrected chi connectivity index (χ1v) is 5.40. The molecule has 0 aliphatic carbocycles. The molecule has 0 fully saturated rings. The number of H-pyrrole nitrogens is 1. The number of rotatable bonds is 1. The maximum atomic E-state index is 11.3. The largest absolute Gasteiger partial charge is 0.477 e. The molecule has 0 saturated heterocycles. The predicted octanol–water partition coefficient (Wildman–Crippen LogP) is 0.862. The fourth-order valence-electron chi connectivity index (χ4n) is 1.48. The van der Waals surface area contributed by atoms with E-state index in [1.807, 2.05) is 0 Å². The van der Waals surface area contributed by atoms with Crippen LogP contribution in [0, 0.1) is 0 Å². The highest BCUT2D eigenvalue weighted by Gasteiger charge is 2.16. The summed E-state index contributed by atoms with van der Waals surface area (Å²) in [5, 5.41) is 8.74. The quantitative estimate of drug-likeness (QED) is 0.723. The van der Waals surface area contributed by atoms with Crippen LogP contribution in [-0.2, 0) is 12.2 Å². The lowest BCUT2D eigenvalue weighted by Gasteiger charge is -2.14. The summed E-state index contributed by atoms with van der Waals surface area (Å²) in [4.78, 5) is 24.6. The van der Waals surface area contributed by atoms with E-state index < -0.39 is 11.5 Å². The van der Waals surface area contributed by atoms with Crippen LogP contribution in [0.1, 0.15) is 21.6 Å². The fourth-order valence-corrected chi connectivity index (χ4v) is 2.45. The molecular formula is C9H9NO3S. The van der Waals surface area contributed by atoms with Crippen LogP contribution in [0.15, 0.2) is 10.9 Å². The number of pyridine rings is 1. The molecule has 1 aromatic heterocycles. The van der Waals surface area contributed by atoms with Gasteiger partial charge in [-0.15, -0.1) is 0 Å². The number of aryl methyl sites for hydroxylation is 1. The number of carboxylic acids is 1. The molecule has 0 amide bonds. The van der Waals surface area contributed by atoms with Gasteiger partial charge in [-0.1, -0.05) is 0 Å². The van der Waals surface area contributed by atoms with E-state index in [9.17, 15) is 9.59 Å². The normalized spacial score (nSPS) is 14.9. The molecule has 14 heavy (non-hydrogen) atoms. The molecule has 1 aliphatic heterocycles. The first-order valence-electron chi connectivity index (χ1n) is 4.24. The Labute approximate surface area is 84.3 Å². The number of nitrogens with one attached hydrogen (secondary N) is 1. The number of fused-ring (bicyclic) bond motifs is 1. The monoisotopic (exact) mass is 211 g/mol. The maximum absolute atomic E-state index is 11.3. The van der Waals surface area contributed by atoms with Crippen molar-refractivity contribution in [3.63, 3.8) is 0 Å². The van der Waals surface area contributed by atoms with Crippen molar-refractivity contribution in [2.24, 2.45) is 0 Å². The molecule has 1 aromatic rings. The van der Waals surface area contributed by atoms with E-state index in [1.165, 1.54) is 6.07 Å². The van der Waals surface area contributed by atoms with Crippen molar-refractivity contribution >= 4 is 17.7 Å². The van der Waals surface area contributed by atoms with Crippen LogP contribution in [0.2, 0.25) is 0 Å². The second-order valence-electron chi connectivity index (χ2n) is 3.12. The minimum atomic E-state index is -1.16. The highest BCUT2D eigenvalue weighted by Crippen LogP contribution is 2.22. The minimum absolute atomic E-state index is 0.161. The molecule has 0 spiro atoms. The molecule has 2 rings (SSSR count). The lowest BCUT2D eigenvalue weighted by atomic mass is 10.1. The molecule has 0 unspecified atom stereocenters. The van der Waals surface area contributed by atoms with Crippen molar-refractivity contribution in [2.75, 3.05) is 5.75 Å². The van der Waals surface area contributed by atoms with Gasteiger partial charge >= 0.3 is 5.97 Å². The predicted molar refractivity (Wildman–Crippen MR) is 53.9 cm³/mol. The molecule has 2 N–H and O–H groups in total. The molecule has 5 heteroatoms. The van der Waals surface area contributed by atoms with E-state index in [0.29, 0.717) is 0 Å². The summed E-state index contributed by atoms with van der Waals surface area (Å²) in [6, 6.07) is 1.49. The average Bonchev–Trinajstić information content (AvgIpc) is 2.16. The summed E-state index contributed by atoms with van der Waals surface area (Å²) >= 11 is 1.75. The van der Waals surface area contributed by atoms with Crippen molar-refractivity contribution in [3.05, 3.63) is 33.2 Å². The Bertz CT molecular complexity index is 438. The van der Waals surface area contributed by atoms with Crippen LogP contribution < -0.4 is 5.56 Å². The van der Waals surface area contributed by atoms with E-state index in [2.05, 4.69) is 4.98 Å². The number of hydrogen-bond donors (Lipinski definition) is 2. The van der Waals surface area contributed by atoms with Crippen LogP contribution in [0.5, 0.6) is 0 Å². The van der Waals surface area contributed by atoms with Gasteiger partial charge in [0, 0.05) is 11.4 Å². The zero-order chi connectivity index (χ0) is 10.1. The van der Waals surface area contributed by atoms with E-state index in [-0.39, 0.29) is 5.56 Å². The molecule has 4 nitrogen and oxygen atoms in total. The van der Waals surface area contributed by atoms with Crippen LogP contribution in [0.25, 0.3) is 0 Å². The zero-order valence-corrected chi connectivity index (χ0v) is 8.19. The molecule has 74 valence electrons. The lowest BCUT2D eigenvalue weighted by molar-refractivity contribution is 0.0695. The van der Waals surface area contributed by atoms with E-state index in [0.717, 1.165) is 29.2 Å². The summed E-state index contributed by atoms with van der Waals surface area (Å²) in [6.45, 7) is 0. The minimum Gasteiger partial charge on any atom is -0.477 e. The third-order valence-electron chi connectivity index (χ3n) is 2.20. The summed E-state index contributed by atoms with van der Waals surface area (Å²) in [5.41, 5.74) is 1.17. The van der Waals surface area contributed by atoms with Crippen molar-refractivity contribution in [1.82, 2.24) is 4.98 Å². The summed E-state index contributed by atoms with van der Waals surface area (Å²) in [5.74, 6) is 0.603. The van der Waals surface area contributed by atoms with Crippen LogP contribution in [-0.4, -0.2) is 21.8 Å². The van der Waals surface area contributed by atoms with Gasteiger partial charge in [0.25, 0.3) is 5.56 Å². The Morgan fingerprint density at radius 1 is 1.57 bits per heavy atom. The molecular weight excluding hydrogens is 202 g/mol. The van der Waals surface area contributed by atoms with Crippen molar-refractivity contribution in [1.29, 1.82) is 0 Å². The smallest absolute Gasteiger partial charge is 0.341 e. The third kappa shape index (κ3) is 1.55. The van der Waals surface area contributed by atoms with Gasteiger partial charge in [0.05, 0.1) is 0 Å². The summed E-state index contributed by atoms with van der Waals surface area (Å²) in [7, 11) is 0. The van der Waals surface area contributed by atoms with Crippen LogP contribution in [0.3, 0.4) is 0 Å². The number of thioether (sulfide) groups is 1. The third-order valence-corrected chi connectivity index (χ3v) is 3.21. The number of carboxylic acid groups (broad SMARTS) is 1. The molecule has 0 radical (unpaired) electrons. The molecule has 0 aromatic carbocycles. The molecule has 2 heterocycles. The Kier molecular flexibility index (Phi) is 2.33. The van der Waals surface area contributed by atoms with Gasteiger partial charge in [-0.25, -0.2) is 4.79 Å². The molecule has 0 bridgehead atoms. The van der Waals surface area contributed by atoms with Gasteiger partial charge in [0.2, 0.25) is 0 Å². The van der Waals surface area contributed by atoms with Crippen molar-refractivity contribution < 1.29 is 9.90 Å². The second kappa shape index (κ2) is 3.49. The van der Waals surface area contributed by atoms with E-state index >= 15 is 0 Å². The van der Waals surface area contributed by atoms with Crippen molar-refractivity contribution in [3.8, 4) is 0 Å². The number of carbonyl (C=O) groups is 1. The maximum Gasteiger partial charge on any atom is 0.341 e. The molecule has 0 atom stereocenters. The summed E-state index contributed by atoms with van der Waals surface area (Å²) < 4.78 is 0. The number of aromatic carboxylic acids is 1. The van der Waals surface area contributed by atoms with E-state index in [1.54, 1.807) is 11.8 Å². The van der Waals surface area contributed by atoms with Crippen LogP contribution >= 0.6 is 11.8 Å². The summed E-state index contributed by atoms with van der Waals surface area (Å²) in [6.07, 6.45) is 0.815. The van der Waals surface area contributed by atoms with Gasteiger partial charge in [0.15, 0.2) is 0 Å².